The van der Waals surface area contributed by atoms with Crippen molar-refractivity contribution < 1.29 is 0 Å². The Morgan fingerprint density at radius 1 is 0.547 bits per heavy atom. The van der Waals surface area contributed by atoms with E-state index in [-0.39, 0.29) is 0 Å². The van der Waals surface area contributed by atoms with Crippen LogP contribution in [0.25, 0.3) is 128 Å². The molecule has 0 aliphatic carbocycles. The quantitative estimate of drug-likeness (QED) is 0.139. The highest BCUT2D eigenvalue weighted by molar-refractivity contribution is 6.24. The van der Waals surface area contributed by atoms with Gasteiger partial charge < -0.3 is 14.4 Å². The second-order valence-electron chi connectivity index (χ2n) is 15.2. The summed E-state index contributed by atoms with van der Waals surface area (Å²) in [6.07, 6.45) is 17.6. The molecule has 0 saturated carbocycles. The topological polar surface area (TPSA) is 194 Å². The molecule has 0 saturated heterocycles. The van der Waals surface area contributed by atoms with Crippen molar-refractivity contribution in [2.75, 3.05) is 0 Å². The van der Waals surface area contributed by atoms with Crippen LogP contribution in [-0.2, 0) is 0 Å². The zero-order valence-electron chi connectivity index (χ0n) is 33.4. The standard InChI is InChI=1S/C49H29N15/c1-3-11-30-27(9-1)23-33(58-30)39-41-37(29-15-22-64-21-6-5-14-36(29)64)38(32-13-7-18-57-61-32)42(48-52-16-8-17-53-48)40(34-24-50-19-20-51-34)45(41)59-46(49-54-25-35-47(60-49)56-26-55-35)43(39)44-28-10-2-4-12-31(28)62-63-44/h1-26,58H,(H,62,63)(H,54,55,56,60). The van der Waals surface area contributed by atoms with E-state index in [2.05, 4.69) is 77.1 Å². The lowest BCUT2D eigenvalue weighted by molar-refractivity contribution is 1.04. The maximum atomic E-state index is 5.79. The molecule has 0 amide bonds. The van der Waals surface area contributed by atoms with E-state index in [0.717, 1.165) is 60.7 Å². The number of benzene rings is 3. The Hall–Kier alpha value is -9.37. The number of nitrogens with zero attached hydrogens (tertiary/aromatic N) is 12. The van der Waals surface area contributed by atoms with Crippen molar-refractivity contribution in [3.63, 3.8) is 0 Å². The Labute approximate surface area is 361 Å². The average Bonchev–Trinajstić information content (AvgIpc) is 4.19. The van der Waals surface area contributed by atoms with Gasteiger partial charge in [-0.1, -0.05) is 42.5 Å². The molecule has 0 radical (unpaired) electrons. The third-order valence-electron chi connectivity index (χ3n) is 11.6. The van der Waals surface area contributed by atoms with Crippen molar-refractivity contribution in [1.29, 1.82) is 0 Å². The summed E-state index contributed by atoms with van der Waals surface area (Å²) in [7, 11) is 0. The molecule has 0 fully saturated rings. The Kier molecular flexibility index (Phi) is 7.80. The zero-order valence-corrected chi connectivity index (χ0v) is 33.4. The Morgan fingerprint density at radius 2 is 1.44 bits per heavy atom. The van der Waals surface area contributed by atoms with Gasteiger partial charge in [0.1, 0.15) is 16.9 Å². The van der Waals surface area contributed by atoms with Crippen molar-refractivity contribution >= 4 is 49.4 Å². The molecule has 15 nitrogen and oxygen atoms in total. The molecule has 3 aromatic carbocycles. The molecule has 13 rings (SSSR count). The van der Waals surface area contributed by atoms with E-state index in [9.17, 15) is 0 Å². The van der Waals surface area contributed by atoms with E-state index in [1.165, 1.54) is 0 Å². The van der Waals surface area contributed by atoms with Gasteiger partial charge in [0, 0.05) is 110 Å². The van der Waals surface area contributed by atoms with Gasteiger partial charge in [0.15, 0.2) is 17.3 Å². The average molecular weight is 828 g/mol. The van der Waals surface area contributed by atoms with E-state index in [1.54, 1.807) is 55.8 Å². The number of aromatic nitrogens is 15. The number of H-pyrrole nitrogens is 3. The van der Waals surface area contributed by atoms with Gasteiger partial charge in [-0.3, -0.25) is 15.1 Å². The van der Waals surface area contributed by atoms with Gasteiger partial charge in [-0.05, 0) is 54.6 Å². The van der Waals surface area contributed by atoms with E-state index < -0.39 is 0 Å². The molecule has 10 aromatic heterocycles. The van der Waals surface area contributed by atoms with Crippen LogP contribution in [0, 0.1) is 0 Å². The summed E-state index contributed by atoms with van der Waals surface area (Å²) in [6, 6.07) is 32.4. The maximum absolute atomic E-state index is 5.79. The molecule has 15 heteroatoms. The number of pyridine rings is 2. The summed E-state index contributed by atoms with van der Waals surface area (Å²) < 4.78 is 2.11. The second-order valence-corrected chi connectivity index (χ2v) is 15.2. The van der Waals surface area contributed by atoms with Gasteiger partial charge in [0.2, 0.25) is 0 Å². The van der Waals surface area contributed by atoms with Crippen LogP contribution in [0.4, 0.5) is 0 Å². The summed E-state index contributed by atoms with van der Waals surface area (Å²) in [4.78, 5) is 46.8. The summed E-state index contributed by atoms with van der Waals surface area (Å²) >= 11 is 0. The number of para-hydroxylation sites is 2. The molecular formula is C49H29N15. The molecule has 0 aliphatic heterocycles. The number of fused-ring (bicyclic) bond motifs is 5. The first-order chi connectivity index (χ1) is 31.8. The van der Waals surface area contributed by atoms with E-state index in [4.69, 9.17) is 40.1 Å². The molecule has 300 valence electrons. The molecule has 64 heavy (non-hydrogen) atoms. The van der Waals surface area contributed by atoms with Gasteiger partial charge in [-0.15, -0.1) is 0 Å². The second kappa shape index (κ2) is 14.1. The molecule has 13 aromatic rings. The van der Waals surface area contributed by atoms with Crippen molar-refractivity contribution in [2.45, 2.75) is 0 Å². The number of aromatic amines is 3. The number of nitrogens with one attached hydrogen (secondary N) is 3. The summed E-state index contributed by atoms with van der Waals surface area (Å²) in [5, 5.41) is 20.4. The predicted molar refractivity (Wildman–Crippen MR) is 244 cm³/mol. The van der Waals surface area contributed by atoms with Crippen molar-refractivity contribution in [2.24, 2.45) is 0 Å². The molecule has 0 unspecified atom stereocenters. The zero-order chi connectivity index (χ0) is 42.1. The lowest BCUT2D eigenvalue weighted by Crippen LogP contribution is -2.07. The molecule has 10 heterocycles. The van der Waals surface area contributed by atoms with Crippen LogP contribution < -0.4 is 0 Å². The smallest absolute Gasteiger partial charge is 0.181 e. The SMILES string of the molecule is c1cnc(-c2c(-c3cccnn3)c(-c3ccn4ccccc34)c3c(-c4cc5ccccc5[nH]4)c(-c4n[nH]c5ccccc45)c(-c4ncc5[nH]cnc5n4)nc3c2-c2cnccn2)nc1. The number of hydrogen-bond donors (Lipinski definition) is 3. The molecule has 0 spiro atoms. The fraction of sp³-hybridized carbons (Fsp3) is 0. The van der Waals surface area contributed by atoms with E-state index >= 15 is 0 Å². The fourth-order valence-electron chi connectivity index (χ4n) is 8.93. The Balaban J connectivity index is 1.37. The minimum absolute atomic E-state index is 0.345. The first-order valence-corrected chi connectivity index (χ1v) is 20.4. The lowest BCUT2D eigenvalue weighted by atomic mass is 9.81. The number of rotatable bonds is 7. The highest BCUT2D eigenvalue weighted by atomic mass is 15.1. The largest absolute Gasteiger partial charge is 0.354 e. The van der Waals surface area contributed by atoms with Crippen molar-refractivity contribution in [3.05, 3.63) is 159 Å². The minimum Gasteiger partial charge on any atom is -0.354 e. The highest BCUT2D eigenvalue weighted by Crippen LogP contribution is 2.55. The van der Waals surface area contributed by atoms with Crippen molar-refractivity contribution in [3.8, 4) is 79.1 Å². The van der Waals surface area contributed by atoms with Gasteiger partial charge in [-0.25, -0.2) is 29.9 Å². The van der Waals surface area contributed by atoms with Gasteiger partial charge in [-0.2, -0.15) is 15.3 Å². The lowest BCUT2D eigenvalue weighted by Gasteiger charge is -2.25. The van der Waals surface area contributed by atoms with Gasteiger partial charge in [0.05, 0.1) is 46.7 Å². The summed E-state index contributed by atoms with van der Waals surface area (Å²) in [5.74, 6) is 0.778. The Morgan fingerprint density at radius 3 is 2.31 bits per heavy atom. The van der Waals surface area contributed by atoms with Crippen molar-refractivity contribution in [1.82, 2.24) is 74.6 Å². The van der Waals surface area contributed by atoms with Gasteiger partial charge >= 0.3 is 0 Å². The van der Waals surface area contributed by atoms with Gasteiger partial charge in [0.25, 0.3) is 0 Å². The van der Waals surface area contributed by atoms with Crippen LogP contribution in [0.1, 0.15) is 0 Å². The molecule has 3 N–H and O–H groups in total. The number of imidazole rings is 1. The van der Waals surface area contributed by atoms with Crippen LogP contribution >= 0.6 is 0 Å². The first-order valence-electron chi connectivity index (χ1n) is 20.4. The van der Waals surface area contributed by atoms with E-state index in [0.29, 0.717) is 67.8 Å². The van der Waals surface area contributed by atoms with Crippen LogP contribution in [0.15, 0.2) is 159 Å². The number of hydrogen-bond acceptors (Lipinski definition) is 11. The van der Waals surface area contributed by atoms with E-state index in [1.807, 2.05) is 60.8 Å². The fourth-order valence-corrected chi connectivity index (χ4v) is 8.93. The molecule has 0 atom stereocenters. The van der Waals surface area contributed by atoms with Crippen LogP contribution in [-0.4, -0.2) is 74.6 Å². The summed E-state index contributed by atoms with van der Waals surface area (Å²) in [5.41, 5.74) is 12.8. The minimum atomic E-state index is 0.345. The third kappa shape index (κ3) is 5.44. The third-order valence-corrected chi connectivity index (χ3v) is 11.6. The summed E-state index contributed by atoms with van der Waals surface area (Å²) in [6.45, 7) is 0. The first kappa shape index (κ1) is 35.4. The predicted octanol–water partition coefficient (Wildman–Crippen LogP) is 9.55. The van der Waals surface area contributed by atoms with Crippen LogP contribution in [0.3, 0.4) is 0 Å². The Bertz CT molecular complexity index is 3880. The van der Waals surface area contributed by atoms with Crippen LogP contribution in [0.5, 0.6) is 0 Å². The monoisotopic (exact) mass is 827 g/mol. The normalized spacial score (nSPS) is 11.8. The molecule has 0 bridgehead atoms. The highest BCUT2D eigenvalue weighted by Gasteiger charge is 2.34. The van der Waals surface area contributed by atoms with Crippen LogP contribution in [0.2, 0.25) is 0 Å². The molecular weight excluding hydrogens is 799 g/mol. The maximum Gasteiger partial charge on any atom is 0.181 e. The molecule has 0 aliphatic rings.